The minimum atomic E-state index is 0.0645. The van der Waals surface area contributed by atoms with Crippen LogP contribution in [0.2, 0.25) is 0 Å². The quantitative estimate of drug-likeness (QED) is 0.785. The maximum Gasteiger partial charge on any atom is 0.170 e. The second kappa shape index (κ2) is 5.60. The first kappa shape index (κ1) is 13.7. The van der Waals surface area contributed by atoms with Crippen LogP contribution in [0.5, 0.6) is 11.5 Å². The molecule has 21 heavy (non-hydrogen) atoms. The van der Waals surface area contributed by atoms with Crippen molar-refractivity contribution in [1.29, 1.82) is 0 Å². The lowest BCUT2D eigenvalue weighted by molar-refractivity contribution is 0.0962. The highest BCUT2D eigenvalue weighted by atomic mass is 16.5. The summed E-state index contributed by atoms with van der Waals surface area (Å²) in [5.74, 6) is 1.83. The number of ether oxygens (including phenoxy) is 2. The fraction of sp³-hybridized carbons (Fsp3) is 0.278. The Labute approximate surface area is 124 Å². The van der Waals surface area contributed by atoms with Crippen molar-refractivity contribution in [2.45, 2.75) is 12.3 Å². The van der Waals surface area contributed by atoms with E-state index in [9.17, 15) is 4.79 Å². The number of carbonyl (C=O) groups excluding carboxylic acids is 1. The number of benzene rings is 2. The number of hydrogen-bond donors (Lipinski definition) is 0. The minimum Gasteiger partial charge on any atom is -0.497 e. The van der Waals surface area contributed by atoms with Gasteiger partial charge in [-0.1, -0.05) is 30.3 Å². The highest BCUT2D eigenvalue weighted by Gasteiger charge is 2.44. The summed E-state index contributed by atoms with van der Waals surface area (Å²) >= 11 is 0. The van der Waals surface area contributed by atoms with E-state index in [-0.39, 0.29) is 11.7 Å². The number of hydrogen-bond acceptors (Lipinski definition) is 3. The van der Waals surface area contributed by atoms with Gasteiger partial charge in [0.1, 0.15) is 11.5 Å². The first-order chi connectivity index (χ1) is 10.2. The van der Waals surface area contributed by atoms with Gasteiger partial charge in [0.25, 0.3) is 0 Å². The second-order valence-electron chi connectivity index (χ2n) is 5.29. The zero-order valence-corrected chi connectivity index (χ0v) is 12.2. The molecule has 1 fully saturated rings. The Hall–Kier alpha value is -2.29. The zero-order chi connectivity index (χ0) is 14.8. The molecule has 3 nitrogen and oxygen atoms in total. The molecule has 0 amide bonds. The largest absolute Gasteiger partial charge is 0.497 e. The van der Waals surface area contributed by atoms with Crippen molar-refractivity contribution in [3.8, 4) is 11.5 Å². The van der Waals surface area contributed by atoms with Gasteiger partial charge in [0, 0.05) is 12.0 Å². The summed E-state index contributed by atoms with van der Waals surface area (Å²) in [6.45, 7) is 0. The summed E-state index contributed by atoms with van der Waals surface area (Å²) in [5, 5.41) is 0. The van der Waals surface area contributed by atoms with Crippen molar-refractivity contribution in [2.24, 2.45) is 5.92 Å². The van der Waals surface area contributed by atoms with Gasteiger partial charge in [-0.25, -0.2) is 0 Å². The minimum absolute atomic E-state index is 0.0645. The van der Waals surface area contributed by atoms with E-state index in [2.05, 4.69) is 12.1 Å². The van der Waals surface area contributed by atoms with Crippen molar-refractivity contribution in [3.05, 3.63) is 59.7 Å². The van der Waals surface area contributed by atoms with Gasteiger partial charge in [0.15, 0.2) is 5.78 Å². The molecule has 0 saturated heterocycles. The van der Waals surface area contributed by atoms with Gasteiger partial charge < -0.3 is 9.47 Å². The molecular weight excluding hydrogens is 264 g/mol. The molecule has 2 aromatic carbocycles. The highest BCUT2D eigenvalue weighted by molar-refractivity contribution is 6.02. The van der Waals surface area contributed by atoms with Gasteiger partial charge >= 0.3 is 0 Å². The van der Waals surface area contributed by atoms with Crippen LogP contribution < -0.4 is 9.47 Å². The molecule has 2 unspecified atom stereocenters. The summed E-state index contributed by atoms with van der Waals surface area (Å²) in [6.07, 6.45) is 0.915. The molecule has 0 bridgehead atoms. The SMILES string of the molecule is COc1ccc(C(=O)C2CC2c2ccccc2)c(OC)c1. The Morgan fingerprint density at radius 3 is 2.48 bits per heavy atom. The lowest BCUT2D eigenvalue weighted by atomic mass is 10.0. The second-order valence-corrected chi connectivity index (χ2v) is 5.29. The number of methoxy groups -OCH3 is 2. The number of Topliss-reactive ketones (excluding diaryl/α,β-unsaturated/α-hetero) is 1. The molecule has 1 aliphatic carbocycles. The third-order valence-electron chi connectivity index (χ3n) is 4.03. The Bertz CT molecular complexity index is 649. The Morgan fingerprint density at radius 1 is 1.05 bits per heavy atom. The summed E-state index contributed by atoms with van der Waals surface area (Å²) in [4.78, 5) is 12.6. The van der Waals surface area contributed by atoms with E-state index in [0.717, 1.165) is 6.42 Å². The van der Waals surface area contributed by atoms with Gasteiger partial charge in [0.2, 0.25) is 0 Å². The van der Waals surface area contributed by atoms with Crippen LogP contribution in [-0.4, -0.2) is 20.0 Å². The fourth-order valence-corrected chi connectivity index (χ4v) is 2.76. The predicted molar refractivity (Wildman–Crippen MR) is 81.2 cm³/mol. The third-order valence-corrected chi connectivity index (χ3v) is 4.03. The lowest BCUT2D eigenvalue weighted by Gasteiger charge is -2.09. The van der Waals surface area contributed by atoms with E-state index in [0.29, 0.717) is 23.0 Å². The van der Waals surface area contributed by atoms with Crippen LogP contribution >= 0.6 is 0 Å². The van der Waals surface area contributed by atoms with E-state index < -0.39 is 0 Å². The average molecular weight is 282 g/mol. The zero-order valence-electron chi connectivity index (χ0n) is 12.2. The van der Waals surface area contributed by atoms with Gasteiger partial charge in [-0.15, -0.1) is 0 Å². The molecule has 1 aliphatic rings. The van der Waals surface area contributed by atoms with Crippen molar-refractivity contribution >= 4 is 5.78 Å². The van der Waals surface area contributed by atoms with E-state index in [1.54, 1.807) is 32.4 Å². The summed E-state index contributed by atoms with van der Waals surface area (Å²) in [7, 11) is 3.18. The summed E-state index contributed by atoms with van der Waals surface area (Å²) in [5.41, 5.74) is 1.88. The molecule has 1 saturated carbocycles. The van der Waals surface area contributed by atoms with Crippen molar-refractivity contribution < 1.29 is 14.3 Å². The third kappa shape index (κ3) is 2.64. The molecule has 0 aromatic heterocycles. The van der Waals surface area contributed by atoms with Gasteiger partial charge in [-0.3, -0.25) is 4.79 Å². The lowest BCUT2D eigenvalue weighted by Crippen LogP contribution is -2.06. The molecular formula is C18H18O3. The van der Waals surface area contributed by atoms with Crippen LogP contribution in [0.3, 0.4) is 0 Å². The molecule has 2 atom stereocenters. The predicted octanol–water partition coefficient (Wildman–Crippen LogP) is 3.69. The topological polar surface area (TPSA) is 35.5 Å². The number of rotatable bonds is 5. The van der Waals surface area contributed by atoms with E-state index in [4.69, 9.17) is 9.47 Å². The standard InChI is InChI=1S/C18H18O3/c1-20-13-8-9-14(17(10-13)21-2)18(19)16-11-15(16)12-6-4-3-5-7-12/h3-10,15-16H,11H2,1-2H3. The van der Waals surface area contributed by atoms with Crippen LogP contribution in [0, 0.1) is 5.92 Å². The first-order valence-corrected chi connectivity index (χ1v) is 7.05. The van der Waals surface area contributed by atoms with Crippen LogP contribution in [0.15, 0.2) is 48.5 Å². The van der Waals surface area contributed by atoms with Crippen LogP contribution in [0.1, 0.15) is 28.3 Å². The average Bonchev–Trinajstić information content (AvgIpc) is 3.35. The molecule has 108 valence electrons. The Kier molecular flexibility index (Phi) is 3.65. The van der Waals surface area contributed by atoms with Crippen LogP contribution in [0.25, 0.3) is 0 Å². The fourth-order valence-electron chi connectivity index (χ4n) is 2.76. The number of carbonyl (C=O) groups is 1. The van der Waals surface area contributed by atoms with Crippen molar-refractivity contribution in [3.63, 3.8) is 0 Å². The molecule has 3 rings (SSSR count). The van der Waals surface area contributed by atoms with Crippen LogP contribution in [0.4, 0.5) is 0 Å². The summed E-state index contributed by atoms with van der Waals surface area (Å²) in [6, 6.07) is 15.6. The maximum absolute atomic E-state index is 12.6. The van der Waals surface area contributed by atoms with E-state index in [1.165, 1.54) is 5.56 Å². The highest BCUT2D eigenvalue weighted by Crippen LogP contribution is 2.49. The van der Waals surface area contributed by atoms with Gasteiger partial charge in [-0.2, -0.15) is 0 Å². The summed E-state index contributed by atoms with van der Waals surface area (Å²) < 4.78 is 10.5. The molecule has 2 aromatic rings. The Morgan fingerprint density at radius 2 is 1.81 bits per heavy atom. The number of ketones is 1. The van der Waals surface area contributed by atoms with E-state index >= 15 is 0 Å². The molecule has 0 heterocycles. The monoisotopic (exact) mass is 282 g/mol. The molecule has 0 spiro atoms. The molecule has 3 heteroatoms. The van der Waals surface area contributed by atoms with Crippen LogP contribution in [-0.2, 0) is 0 Å². The van der Waals surface area contributed by atoms with Crippen molar-refractivity contribution in [2.75, 3.05) is 14.2 Å². The smallest absolute Gasteiger partial charge is 0.170 e. The maximum atomic E-state index is 12.6. The molecule has 0 radical (unpaired) electrons. The van der Waals surface area contributed by atoms with Gasteiger partial charge in [0.05, 0.1) is 19.8 Å². The Balaban J connectivity index is 1.81. The molecule has 0 N–H and O–H groups in total. The normalized spacial score (nSPS) is 19.9. The van der Waals surface area contributed by atoms with Gasteiger partial charge in [-0.05, 0) is 30.0 Å². The molecule has 0 aliphatic heterocycles. The van der Waals surface area contributed by atoms with Crippen molar-refractivity contribution in [1.82, 2.24) is 0 Å². The van der Waals surface area contributed by atoms with E-state index in [1.807, 2.05) is 18.2 Å². The first-order valence-electron chi connectivity index (χ1n) is 7.05.